The van der Waals surface area contributed by atoms with Gasteiger partial charge in [0, 0.05) is 12.5 Å². The van der Waals surface area contributed by atoms with Gasteiger partial charge in [0.15, 0.2) is 6.61 Å². The maximum Gasteiger partial charge on any atom is 0.422 e. The summed E-state index contributed by atoms with van der Waals surface area (Å²) in [5.41, 5.74) is 1.02. The number of carbonyl (C=O) groups is 1. The lowest BCUT2D eigenvalue weighted by atomic mass is 10.1. The predicted octanol–water partition coefficient (Wildman–Crippen LogP) is 3.44. The Labute approximate surface area is 139 Å². The fourth-order valence-electron chi connectivity index (χ4n) is 2.37. The number of nitrogens with one attached hydrogen (secondary N) is 2. The maximum absolute atomic E-state index is 12.3. The Morgan fingerprint density at radius 1 is 1.43 bits per heavy atom. The number of aryl methyl sites for hydroxylation is 1. The Kier molecular flexibility index (Phi) is 7.15. The van der Waals surface area contributed by atoms with Gasteiger partial charge in [-0.3, -0.25) is 4.79 Å². The van der Waals surface area contributed by atoms with E-state index in [-0.39, 0.29) is 35.8 Å². The van der Waals surface area contributed by atoms with Crippen molar-refractivity contribution >= 4 is 24.0 Å². The average Bonchev–Trinajstić information content (AvgIpc) is 2.91. The Morgan fingerprint density at radius 2 is 2.17 bits per heavy atom. The first kappa shape index (κ1) is 19.6. The molecule has 1 amide bonds. The molecule has 1 aliphatic heterocycles. The molecule has 0 aromatic heterocycles. The second-order valence-corrected chi connectivity index (χ2v) is 5.45. The van der Waals surface area contributed by atoms with Gasteiger partial charge in [-0.2, -0.15) is 13.2 Å². The van der Waals surface area contributed by atoms with E-state index in [4.69, 9.17) is 4.74 Å². The van der Waals surface area contributed by atoms with Crippen molar-refractivity contribution in [3.05, 3.63) is 23.8 Å². The van der Waals surface area contributed by atoms with Crippen molar-refractivity contribution in [1.29, 1.82) is 0 Å². The SMILES string of the molecule is Cc1ccc(NC(=O)CC2CCCN2)c(OCC(F)(F)F)c1.Cl. The molecule has 130 valence electrons. The van der Waals surface area contributed by atoms with Crippen LogP contribution < -0.4 is 15.4 Å². The molecule has 0 aliphatic carbocycles. The molecule has 1 unspecified atom stereocenters. The summed E-state index contributed by atoms with van der Waals surface area (Å²) < 4.78 is 41.7. The highest BCUT2D eigenvalue weighted by Gasteiger charge is 2.29. The van der Waals surface area contributed by atoms with Crippen LogP contribution in [0, 0.1) is 6.92 Å². The molecule has 1 aromatic rings. The van der Waals surface area contributed by atoms with E-state index in [9.17, 15) is 18.0 Å². The van der Waals surface area contributed by atoms with E-state index >= 15 is 0 Å². The molecule has 2 rings (SSSR count). The zero-order valence-corrected chi connectivity index (χ0v) is 13.5. The fourth-order valence-corrected chi connectivity index (χ4v) is 2.37. The Bertz CT molecular complexity index is 532. The van der Waals surface area contributed by atoms with Gasteiger partial charge in [0.25, 0.3) is 0 Å². The maximum atomic E-state index is 12.3. The van der Waals surface area contributed by atoms with E-state index in [0.29, 0.717) is 6.42 Å². The largest absolute Gasteiger partial charge is 0.482 e. The van der Waals surface area contributed by atoms with E-state index in [2.05, 4.69) is 10.6 Å². The summed E-state index contributed by atoms with van der Waals surface area (Å²) in [5.74, 6) is -0.204. The third-order valence-corrected chi connectivity index (χ3v) is 3.40. The quantitative estimate of drug-likeness (QED) is 0.853. The number of hydrogen-bond donors (Lipinski definition) is 2. The molecule has 8 heteroatoms. The number of hydrogen-bond acceptors (Lipinski definition) is 3. The van der Waals surface area contributed by atoms with Gasteiger partial charge in [-0.15, -0.1) is 12.4 Å². The molecule has 1 aromatic carbocycles. The van der Waals surface area contributed by atoms with E-state index in [0.717, 1.165) is 24.9 Å². The number of benzene rings is 1. The van der Waals surface area contributed by atoms with Gasteiger partial charge in [-0.1, -0.05) is 6.07 Å². The van der Waals surface area contributed by atoms with Crippen LogP contribution in [0.4, 0.5) is 18.9 Å². The summed E-state index contributed by atoms with van der Waals surface area (Å²) in [6.45, 7) is 1.25. The standard InChI is InChI=1S/C15H19F3N2O2.ClH/c1-10-4-5-12(13(7-10)22-9-15(16,17)18)20-14(21)8-11-3-2-6-19-11;/h4-5,7,11,19H,2-3,6,8-9H2,1H3,(H,20,21);1H. The van der Waals surface area contributed by atoms with Crippen LogP contribution in [0.5, 0.6) is 5.75 Å². The molecule has 1 aliphatic rings. The lowest BCUT2D eigenvalue weighted by Gasteiger charge is -2.15. The van der Waals surface area contributed by atoms with Gasteiger partial charge in [0.1, 0.15) is 5.75 Å². The van der Waals surface area contributed by atoms with E-state index in [1.54, 1.807) is 19.1 Å². The van der Waals surface area contributed by atoms with Crippen molar-refractivity contribution in [2.45, 2.75) is 38.4 Å². The third-order valence-electron chi connectivity index (χ3n) is 3.40. The number of alkyl halides is 3. The van der Waals surface area contributed by atoms with E-state index in [1.165, 1.54) is 6.07 Å². The number of anilines is 1. The van der Waals surface area contributed by atoms with Crippen molar-refractivity contribution in [1.82, 2.24) is 5.32 Å². The van der Waals surface area contributed by atoms with Crippen LogP contribution in [0.25, 0.3) is 0 Å². The minimum atomic E-state index is -4.42. The molecule has 1 fully saturated rings. The van der Waals surface area contributed by atoms with Crippen molar-refractivity contribution < 1.29 is 22.7 Å². The molecule has 0 radical (unpaired) electrons. The van der Waals surface area contributed by atoms with Gasteiger partial charge in [0.05, 0.1) is 5.69 Å². The second kappa shape index (κ2) is 8.40. The normalized spacial score (nSPS) is 17.5. The zero-order valence-electron chi connectivity index (χ0n) is 12.7. The second-order valence-electron chi connectivity index (χ2n) is 5.45. The first-order valence-corrected chi connectivity index (χ1v) is 7.17. The molecule has 0 bridgehead atoms. The number of halogens is 4. The zero-order chi connectivity index (χ0) is 16.2. The first-order chi connectivity index (χ1) is 10.3. The first-order valence-electron chi connectivity index (χ1n) is 7.17. The topological polar surface area (TPSA) is 50.4 Å². The Morgan fingerprint density at radius 3 is 2.78 bits per heavy atom. The minimum absolute atomic E-state index is 0. The van der Waals surface area contributed by atoms with E-state index in [1.807, 2.05) is 0 Å². The van der Waals surface area contributed by atoms with Gasteiger partial charge in [0.2, 0.25) is 5.91 Å². The lowest BCUT2D eigenvalue weighted by Crippen LogP contribution is -2.27. The Balaban J connectivity index is 0.00000264. The third kappa shape index (κ3) is 6.66. The molecule has 23 heavy (non-hydrogen) atoms. The van der Waals surface area contributed by atoms with Gasteiger partial charge in [-0.25, -0.2) is 0 Å². The number of rotatable bonds is 5. The molecule has 1 atom stereocenters. The van der Waals surface area contributed by atoms with Crippen LogP contribution in [0.2, 0.25) is 0 Å². The van der Waals surface area contributed by atoms with Crippen LogP contribution >= 0.6 is 12.4 Å². The van der Waals surface area contributed by atoms with Gasteiger partial charge in [-0.05, 0) is 44.0 Å². The van der Waals surface area contributed by atoms with Crippen molar-refractivity contribution in [3.8, 4) is 5.75 Å². The van der Waals surface area contributed by atoms with Gasteiger partial charge >= 0.3 is 6.18 Å². The van der Waals surface area contributed by atoms with Crippen LogP contribution in [0.1, 0.15) is 24.8 Å². The lowest BCUT2D eigenvalue weighted by molar-refractivity contribution is -0.153. The molecule has 4 nitrogen and oxygen atoms in total. The van der Waals surface area contributed by atoms with Crippen LogP contribution in [0.3, 0.4) is 0 Å². The van der Waals surface area contributed by atoms with Crippen LogP contribution in [-0.2, 0) is 4.79 Å². The molecule has 1 heterocycles. The predicted molar refractivity (Wildman–Crippen MR) is 84.2 cm³/mol. The van der Waals surface area contributed by atoms with Crippen molar-refractivity contribution in [3.63, 3.8) is 0 Å². The smallest absolute Gasteiger partial charge is 0.422 e. The summed E-state index contributed by atoms with van der Waals surface area (Å²) >= 11 is 0. The highest BCUT2D eigenvalue weighted by molar-refractivity contribution is 5.92. The molecular formula is C15H20ClF3N2O2. The highest BCUT2D eigenvalue weighted by Crippen LogP contribution is 2.28. The van der Waals surface area contributed by atoms with E-state index < -0.39 is 12.8 Å². The number of carbonyl (C=O) groups excluding carboxylic acids is 1. The molecule has 2 N–H and O–H groups in total. The number of amides is 1. The van der Waals surface area contributed by atoms with Crippen molar-refractivity contribution in [2.24, 2.45) is 0 Å². The summed E-state index contributed by atoms with van der Waals surface area (Å²) in [6, 6.07) is 4.88. The molecule has 0 spiro atoms. The summed E-state index contributed by atoms with van der Waals surface area (Å²) in [4.78, 5) is 12.0. The average molecular weight is 353 g/mol. The Hall–Kier alpha value is -1.47. The summed E-state index contributed by atoms with van der Waals surface area (Å²) in [6.07, 6.45) is -2.16. The summed E-state index contributed by atoms with van der Waals surface area (Å²) in [7, 11) is 0. The molecular weight excluding hydrogens is 333 g/mol. The van der Waals surface area contributed by atoms with Crippen LogP contribution in [0.15, 0.2) is 18.2 Å². The summed E-state index contributed by atoms with van der Waals surface area (Å²) in [5, 5.41) is 5.83. The monoisotopic (exact) mass is 352 g/mol. The minimum Gasteiger partial charge on any atom is -0.482 e. The number of ether oxygens (including phenoxy) is 1. The molecule has 1 saturated heterocycles. The molecule has 0 saturated carbocycles. The van der Waals surface area contributed by atoms with Crippen LogP contribution in [-0.4, -0.2) is 31.3 Å². The van der Waals surface area contributed by atoms with Crippen molar-refractivity contribution in [2.75, 3.05) is 18.5 Å². The fraction of sp³-hybridized carbons (Fsp3) is 0.533. The van der Waals surface area contributed by atoms with Gasteiger partial charge < -0.3 is 15.4 Å². The highest BCUT2D eigenvalue weighted by atomic mass is 35.5.